The van der Waals surface area contributed by atoms with Gasteiger partial charge in [-0.15, -0.1) is 11.8 Å². The molecule has 0 saturated heterocycles. The Bertz CT molecular complexity index is 819. The number of benzene rings is 2. The lowest BCUT2D eigenvalue weighted by Crippen LogP contribution is -2.34. The molecule has 28 heavy (non-hydrogen) atoms. The number of rotatable bonds is 8. The Morgan fingerprint density at radius 3 is 2.46 bits per heavy atom. The molecule has 2 aromatic carbocycles. The van der Waals surface area contributed by atoms with Crippen molar-refractivity contribution in [3.63, 3.8) is 0 Å². The Morgan fingerprint density at radius 2 is 1.75 bits per heavy atom. The van der Waals surface area contributed by atoms with Crippen LogP contribution in [0.3, 0.4) is 0 Å². The second kappa shape index (κ2) is 9.75. The lowest BCUT2D eigenvalue weighted by atomic mass is 10.1. The number of anilines is 1. The number of fused-ring (bicyclic) bond motifs is 1. The van der Waals surface area contributed by atoms with E-state index in [2.05, 4.69) is 53.6 Å². The maximum absolute atomic E-state index is 12.3. The van der Waals surface area contributed by atoms with Gasteiger partial charge < -0.3 is 10.6 Å². The van der Waals surface area contributed by atoms with Crippen LogP contribution in [0.2, 0.25) is 0 Å². The van der Waals surface area contributed by atoms with Crippen molar-refractivity contribution in [3.05, 3.63) is 59.7 Å². The van der Waals surface area contributed by atoms with Crippen LogP contribution < -0.4 is 10.6 Å². The molecule has 2 N–H and O–H groups in total. The largest absolute Gasteiger partial charge is 0.352 e. The molecule has 1 unspecified atom stereocenters. The van der Waals surface area contributed by atoms with Crippen LogP contribution in [-0.2, 0) is 22.7 Å². The van der Waals surface area contributed by atoms with Gasteiger partial charge in [-0.05, 0) is 36.3 Å². The zero-order valence-corrected chi connectivity index (χ0v) is 17.2. The van der Waals surface area contributed by atoms with Crippen molar-refractivity contribution < 1.29 is 9.59 Å². The Balaban J connectivity index is 1.49. The van der Waals surface area contributed by atoms with Crippen LogP contribution in [0.25, 0.3) is 0 Å². The quantitative estimate of drug-likeness (QED) is 0.714. The summed E-state index contributed by atoms with van der Waals surface area (Å²) in [6.07, 6.45) is 0.172. The lowest BCUT2D eigenvalue weighted by Gasteiger charge is -2.23. The van der Waals surface area contributed by atoms with Gasteiger partial charge in [0, 0.05) is 24.4 Å². The molecule has 1 atom stereocenters. The van der Waals surface area contributed by atoms with E-state index in [-0.39, 0.29) is 18.2 Å². The summed E-state index contributed by atoms with van der Waals surface area (Å²) in [5.41, 5.74) is 3.15. The molecule has 0 radical (unpaired) electrons. The molecule has 0 fully saturated rings. The second-order valence-corrected chi connectivity index (χ2v) is 8.10. The molecular formula is C22H27N3O2S. The van der Waals surface area contributed by atoms with E-state index in [1.165, 1.54) is 17.3 Å². The Labute approximate surface area is 170 Å². The average Bonchev–Trinajstić information content (AvgIpc) is 2.72. The van der Waals surface area contributed by atoms with Crippen molar-refractivity contribution in [1.82, 2.24) is 10.2 Å². The molecule has 0 aromatic heterocycles. The fraction of sp³-hybridized carbons (Fsp3) is 0.364. The molecule has 1 aliphatic rings. The Hall–Kier alpha value is -2.31. The molecule has 148 valence electrons. The van der Waals surface area contributed by atoms with E-state index in [1.807, 2.05) is 24.3 Å². The third kappa shape index (κ3) is 5.36. The second-order valence-electron chi connectivity index (χ2n) is 6.85. The number of nitrogens with zero attached hydrogens (tertiary/aromatic N) is 1. The van der Waals surface area contributed by atoms with Crippen molar-refractivity contribution in [1.29, 1.82) is 0 Å². The topological polar surface area (TPSA) is 61.4 Å². The fourth-order valence-corrected chi connectivity index (χ4v) is 4.25. The SMILES string of the molecule is CCN(CC)Cc1ccc(CNC(=O)CC2Sc3ccccc3NC2=O)cc1. The van der Waals surface area contributed by atoms with Gasteiger partial charge in [0.2, 0.25) is 11.8 Å². The highest BCUT2D eigenvalue weighted by Gasteiger charge is 2.28. The number of hydrogen-bond donors (Lipinski definition) is 2. The minimum absolute atomic E-state index is 0.111. The van der Waals surface area contributed by atoms with E-state index >= 15 is 0 Å². The molecule has 6 heteroatoms. The van der Waals surface area contributed by atoms with Crippen LogP contribution in [0, 0.1) is 0 Å². The predicted octanol–water partition coefficient (Wildman–Crippen LogP) is 3.65. The molecule has 2 amide bonds. The molecule has 0 spiro atoms. The summed E-state index contributed by atoms with van der Waals surface area (Å²) in [5, 5.41) is 5.41. The third-order valence-corrected chi connectivity index (χ3v) is 6.17. The highest BCUT2D eigenvalue weighted by Crippen LogP contribution is 2.36. The van der Waals surface area contributed by atoms with Crippen molar-refractivity contribution in [3.8, 4) is 0 Å². The smallest absolute Gasteiger partial charge is 0.238 e. The summed E-state index contributed by atoms with van der Waals surface area (Å²) in [7, 11) is 0. The number of carbonyl (C=O) groups excluding carboxylic acids is 2. The molecule has 3 rings (SSSR count). The fourth-order valence-electron chi connectivity index (χ4n) is 3.14. The van der Waals surface area contributed by atoms with E-state index in [9.17, 15) is 9.59 Å². The van der Waals surface area contributed by atoms with Crippen molar-refractivity contribution >= 4 is 29.3 Å². The maximum atomic E-state index is 12.3. The first-order valence-corrected chi connectivity index (χ1v) is 10.6. The number of thioether (sulfide) groups is 1. The van der Waals surface area contributed by atoms with Gasteiger partial charge in [-0.1, -0.05) is 50.2 Å². The van der Waals surface area contributed by atoms with E-state index in [0.29, 0.717) is 6.54 Å². The number of hydrogen-bond acceptors (Lipinski definition) is 4. The van der Waals surface area contributed by atoms with Gasteiger partial charge in [0.05, 0.1) is 10.9 Å². The van der Waals surface area contributed by atoms with Gasteiger partial charge in [-0.25, -0.2) is 0 Å². The zero-order chi connectivity index (χ0) is 19.9. The van der Waals surface area contributed by atoms with Crippen LogP contribution in [0.1, 0.15) is 31.4 Å². The first-order valence-electron chi connectivity index (χ1n) is 9.72. The van der Waals surface area contributed by atoms with Crippen LogP contribution >= 0.6 is 11.8 Å². The zero-order valence-electron chi connectivity index (χ0n) is 16.4. The Kier molecular flexibility index (Phi) is 7.12. The summed E-state index contributed by atoms with van der Waals surface area (Å²) in [6, 6.07) is 16.0. The highest BCUT2D eigenvalue weighted by atomic mass is 32.2. The predicted molar refractivity (Wildman–Crippen MR) is 114 cm³/mol. The van der Waals surface area contributed by atoms with Gasteiger partial charge in [0.1, 0.15) is 0 Å². The van der Waals surface area contributed by atoms with Crippen molar-refractivity contribution in [2.75, 3.05) is 18.4 Å². The van der Waals surface area contributed by atoms with E-state index < -0.39 is 5.25 Å². The molecule has 0 saturated carbocycles. The Morgan fingerprint density at radius 1 is 1.07 bits per heavy atom. The van der Waals surface area contributed by atoms with Crippen LogP contribution in [0.4, 0.5) is 5.69 Å². The standard InChI is InChI=1S/C22H27N3O2S/c1-3-25(4-2)15-17-11-9-16(10-12-17)14-23-21(26)13-20-22(27)24-18-7-5-6-8-19(18)28-20/h5-12,20H,3-4,13-15H2,1-2H3,(H,23,26)(H,24,27). The molecule has 0 bridgehead atoms. The van der Waals surface area contributed by atoms with Gasteiger partial charge >= 0.3 is 0 Å². The minimum Gasteiger partial charge on any atom is -0.352 e. The monoisotopic (exact) mass is 397 g/mol. The van der Waals surface area contributed by atoms with Crippen molar-refractivity contribution in [2.45, 2.75) is 43.5 Å². The van der Waals surface area contributed by atoms with E-state index in [0.717, 1.165) is 35.8 Å². The van der Waals surface area contributed by atoms with Gasteiger partial charge in [0.15, 0.2) is 0 Å². The summed E-state index contributed by atoms with van der Waals surface area (Å²) in [4.78, 5) is 27.9. The summed E-state index contributed by atoms with van der Waals surface area (Å²) >= 11 is 1.45. The molecule has 5 nitrogen and oxygen atoms in total. The summed E-state index contributed by atoms with van der Waals surface area (Å²) < 4.78 is 0. The first kappa shape index (κ1) is 20.4. The number of amides is 2. The van der Waals surface area contributed by atoms with Gasteiger partial charge in [-0.2, -0.15) is 0 Å². The van der Waals surface area contributed by atoms with E-state index in [1.54, 1.807) is 0 Å². The molecule has 1 heterocycles. The average molecular weight is 398 g/mol. The first-order chi connectivity index (χ1) is 13.6. The maximum Gasteiger partial charge on any atom is 0.238 e. The van der Waals surface area contributed by atoms with Crippen LogP contribution in [0.15, 0.2) is 53.4 Å². The molecule has 2 aromatic rings. The summed E-state index contributed by atoms with van der Waals surface area (Å²) in [6.45, 7) is 7.81. The summed E-state index contributed by atoms with van der Waals surface area (Å²) in [5.74, 6) is -0.223. The number of carbonyl (C=O) groups is 2. The highest BCUT2D eigenvalue weighted by molar-refractivity contribution is 8.01. The normalized spacial score (nSPS) is 15.8. The minimum atomic E-state index is -0.397. The van der Waals surface area contributed by atoms with Crippen LogP contribution in [-0.4, -0.2) is 35.1 Å². The molecule has 1 aliphatic heterocycles. The number of nitrogens with one attached hydrogen (secondary N) is 2. The van der Waals surface area contributed by atoms with E-state index in [4.69, 9.17) is 0 Å². The lowest BCUT2D eigenvalue weighted by molar-refractivity contribution is -0.124. The van der Waals surface area contributed by atoms with Gasteiger partial charge in [0.25, 0.3) is 0 Å². The molecule has 0 aliphatic carbocycles. The third-order valence-electron chi connectivity index (χ3n) is 4.89. The number of para-hydroxylation sites is 1. The van der Waals surface area contributed by atoms with Crippen LogP contribution in [0.5, 0.6) is 0 Å². The van der Waals surface area contributed by atoms with Gasteiger partial charge in [-0.3, -0.25) is 14.5 Å². The van der Waals surface area contributed by atoms with Crippen molar-refractivity contribution in [2.24, 2.45) is 0 Å². The molecular weight excluding hydrogens is 370 g/mol.